The normalized spacial score (nSPS) is 27.6. The summed E-state index contributed by atoms with van der Waals surface area (Å²) < 4.78 is 6.15. The van der Waals surface area contributed by atoms with Gasteiger partial charge in [-0.05, 0) is 20.4 Å². The van der Waals surface area contributed by atoms with Crippen molar-refractivity contribution in [1.29, 1.82) is 0 Å². The van der Waals surface area contributed by atoms with Gasteiger partial charge in [-0.1, -0.05) is 0 Å². The summed E-state index contributed by atoms with van der Waals surface area (Å²) in [6.45, 7) is 7.39. The lowest BCUT2D eigenvalue weighted by atomic mass is 9.90. The van der Waals surface area contributed by atoms with E-state index in [2.05, 4.69) is 21.7 Å². The standard InChI is InChI=1S/C16H24N4O3S/c1-12-14(24-11-17-12)6-19-9-16(10-19)8-18(2)13(7-22-16)15(21)20-4-3-5-23-20/h11,13H,3-10H2,1-2H3. The number of thiazole rings is 1. The van der Waals surface area contributed by atoms with Gasteiger partial charge in [-0.25, -0.2) is 10.0 Å². The number of hydrogen-bond donors (Lipinski definition) is 0. The van der Waals surface area contributed by atoms with E-state index >= 15 is 0 Å². The minimum Gasteiger partial charge on any atom is -0.369 e. The maximum Gasteiger partial charge on any atom is 0.265 e. The number of nitrogens with zero attached hydrogens (tertiary/aromatic N) is 4. The lowest BCUT2D eigenvalue weighted by Gasteiger charge is -2.55. The van der Waals surface area contributed by atoms with Crippen molar-refractivity contribution < 1.29 is 14.4 Å². The molecule has 3 saturated heterocycles. The summed E-state index contributed by atoms with van der Waals surface area (Å²) in [6.07, 6.45) is 0.916. The first-order valence-electron chi connectivity index (χ1n) is 8.46. The summed E-state index contributed by atoms with van der Waals surface area (Å²) in [6, 6.07) is -0.230. The summed E-state index contributed by atoms with van der Waals surface area (Å²) in [4.78, 5) is 28.0. The van der Waals surface area contributed by atoms with Gasteiger partial charge in [-0.15, -0.1) is 11.3 Å². The van der Waals surface area contributed by atoms with Crippen molar-refractivity contribution in [2.75, 3.05) is 46.4 Å². The van der Waals surface area contributed by atoms with Gasteiger partial charge in [0.15, 0.2) is 0 Å². The zero-order valence-corrected chi connectivity index (χ0v) is 15.0. The maximum absolute atomic E-state index is 12.5. The largest absolute Gasteiger partial charge is 0.369 e. The number of rotatable bonds is 3. The van der Waals surface area contributed by atoms with Crippen LogP contribution < -0.4 is 0 Å². The molecule has 1 unspecified atom stereocenters. The fourth-order valence-electron chi connectivity index (χ4n) is 3.79. The van der Waals surface area contributed by atoms with Gasteiger partial charge in [-0.3, -0.25) is 19.4 Å². The van der Waals surface area contributed by atoms with E-state index in [1.54, 1.807) is 11.3 Å². The Balaban J connectivity index is 1.31. The summed E-state index contributed by atoms with van der Waals surface area (Å²) >= 11 is 1.71. The molecule has 24 heavy (non-hydrogen) atoms. The molecule has 0 N–H and O–H groups in total. The molecule has 1 spiro atoms. The smallest absolute Gasteiger partial charge is 0.265 e. The number of amides is 1. The molecule has 1 atom stereocenters. The van der Waals surface area contributed by atoms with E-state index in [-0.39, 0.29) is 17.6 Å². The lowest BCUT2D eigenvalue weighted by molar-refractivity contribution is -0.212. The van der Waals surface area contributed by atoms with E-state index in [1.165, 1.54) is 9.94 Å². The first-order chi connectivity index (χ1) is 11.6. The van der Waals surface area contributed by atoms with Crippen LogP contribution in [0, 0.1) is 6.92 Å². The zero-order valence-electron chi connectivity index (χ0n) is 14.2. The molecule has 1 aromatic heterocycles. The molecular formula is C16H24N4O3S. The lowest BCUT2D eigenvalue weighted by Crippen LogP contribution is -2.72. The Hall–Kier alpha value is -1.06. The molecule has 0 bridgehead atoms. The molecule has 0 saturated carbocycles. The predicted octanol–water partition coefficient (Wildman–Crippen LogP) is 0.500. The van der Waals surface area contributed by atoms with E-state index in [9.17, 15) is 4.79 Å². The number of hydrogen-bond acceptors (Lipinski definition) is 7. The molecule has 0 radical (unpaired) electrons. The van der Waals surface area contributed by atoms with Crippen molar-refractivity contribution in [1.82, 2.24) is 19.8 Å². The van der Waals surface area contributed by atoms with Crippen molar-refractivity contribution in [2.45, 2.75) is 31.5 Å². The van der Waals surface area contributed by atoms with Crippen LogP contribution in [0.15, 0.2) is 5.51 Å². The quantitative estimate of drug-likeness (QED) is 0.790. The molecule has 8 heteroatoms. The highest BCUT2D eigenvalue weighted by Gasteiger charge is 2.50. The van der Waals surface area contributed by atoms with Crippen molar-refractivity contribution in [3.63, 3.8) is 0 Å². The second-order valence-corrected chi connectivity index (χ2v) is 8.00. The second kappa shape index (κ2) is 6.34. The molecule has 4 heterocycles. The first-order valence-corrected chi connectivity index (χ1v) is 9.34. The van der Waals surface area contributed by atoms with Crippen LogP contribution in [-0.4, -0.2) is 83.8 Å². The summed E-state index contributed by atoms with van der Waals surface area (Å²) in [5.74, 6) is 0.0290. The van der Waals surface area contributed by atoms with Gasteiger partial charge in [0.1, 0.15) is 11.6 Å². The minimum atomic E-state index is -0.230. The zero-order chi connectivity index (χ0) is 16.7. The van der Waals surface area contributed by atoms with E-state index in [1.807, 2.05) is 12.6 Å². The van der Waals surface area contributed by atoms with Crippen LogP contribution in [0.1, 0.15) is 17.0 Å². The second-order valence-electron chi connectivity index (χ2n) is 7.06. The number of hydroxylamine groups is 2. The molecule has 132 valence electrons. The van der Waals surface area contributed by atoms with E-state index in [4.69, 9.17) is 9.57 Å². The molecular weight excluding hydrogens is 328 g/mol. The fourth-order valence-corrected chi connectivity index (χ4v) is 4.61. The van der Waals surface area contributed by atoms with Gasteiger partial charge in [0.25, 0.3) is 5.91 Å². The van der Waals surface area contributed by atoms with Gasteiger partial charge in [-0.2, -0.15) is 0 Å². The Bertz CT molecular complexity index is 610. The van der Waals surface area contributed by atoms with Crippen LogP contribution in [0.2, 0.25) is 0 Å². The van der Waals surface area contributed by atoms with Gasteiger partial charge in [0.2, 0.25) is 0 Å². The van der Waals surface area contributed by atoms with Crippen molar-refractivity contribution >= 4 is 17.2 Å². The monoisotopic (exact) mass is 352 g/mol. The molecule has 4 rings (SSSR count). The van der Waals surface area contributed by atoms with Gasteiger partial charge in [0.05, 0.1) is 31.0 Å². The third kappa shape index (κ3) is 2.97. The summed E-state index contributed by atoms with van der Waals surface area (Å²) in [5.41, 5.74) is 2.90. The third-order valence-electron chi connectivity index (χ3n) is 5.14. The topological polar surface area (TPSA) is 58.1 Å². The van der Waals surface area contributed by atoms with Gasteiger partial charge >= 0.3 is 0 Å². The number of aryl methyl sites for hydroxylation is 1. The number of ether oxygens (including phenoxy) is 1. The minimum absolute atomic E-state index is 0.0290. The van der Waals surface area contributed by atoms with Crippen molar-refractivity contribution in [3.8, 4) is 0 Å². The molecule has 3 aliphatic heterocycles. The first kappa shape index (κ1) is 16.4. The molecule has 3 aliphatic rings. The summed E-state index contributed by atoms with van der Waals surface area (Å²) in [7, 11) is 2.01. The van der Waals surface area contributed by atoms with Gasteiger partial charge in [0, 0.05) is 31.1 Å². The Morgan fingerprint density at radius 3 is 2.92 bits per heavy atom. The highest BCUT2D eigenvalue weighted by molar-refractivity contribution is 7.09. The fraction of sp³-hybridized carbons (Fsp3) is 0.750. The highest BCUT2D eigenvalue weighted by Crippen LogP contribution is 2.33. The Labute approximate surface area is 146 Å². The SMILES string of the molecule is Cc1ncsc1CN1CC2(C1)CN(C)C(C(=O)N1CCCO1)CO2. The molecule has 7 nitrogen and oxygen atoms in total. The van der Waals surface area contributed by atoms with E-state index in [0.717, 1.165) is 38.3 Å². The number of likely N-dealkylation sites (N-methyl/N-ethyl adjacent to an activating group) is 1. The highest BCUT2D eigenvalue weighted by atomic mass is 32.1. The van der Waals surface area contributed by atoms with Gasteiger partial charge < -0.3 is 4.74 Å². The number of carbonyl (C=O) groups excluding carboxylic acids is 1. The number of morpholine rings is 1. The molecule has 0 aliphatic carbocycles. The van der Waals surface area contributed by atoms with Crippen LogP contribution in [0.25, 0.3) is 0 Å². The predicted molar refractivity (Wildman–Crippen MR) is 89.5 cm³/mol. The average molecular weight is 352 g/mol. The third-order valence-corrected chi connectivity index (χ3v) is 6.06. The van der Waals surface area contributed by atoms with Crippen molar-refractivity contribution in [3.05, 3.63) is 16.1 Å². The number of likely N-dealkylation sites (tertiary alicyclic amines) is 1. The Morgan fingerprint density at radius 1 is 1.46 bits per heavy atom. The van der Waals surface area contributed by atoms with Crippen molar-refractivity contribution in [2.24, 2.45) is 0 Å². The van der Waals surface area contributed by atoms with Crippen LogP contribution in [0.4, 0.5) is 0 Å². The Kier molecular flexibility index (Phi) is 4.34. The Morgan fingerprint density at radius 2 is 2.29 bits per heavy atom. The molecule has 1 amide bonds. The maximum atomic E-state index is 12.5. The molecule has 0 aromatic carbocycles. The summed E-state index contributed by atoms with van der Waals surface area (Å²) in [5, 5.41) is 1.50. The number of carbonyl (C=O) groups is 1. The molecule has 3 fully saturated rings. The van der Waals surface area contributed by atoms with E-state index in [0.29, 0.717) is 19.8 Å². The van der Waals surface area contributed by atoms with Crippen LogP contribution in [0.5, 0.6) is 0 Å². The van der Waals surface area contributed by atoms with Crippen LogP contribution in [-0.2, 0) is 20.9 Å². The van der Waals surface area contributed by atoms with Crippen LogP contribution >= 0.6 is 11.3 Å². The van der Waals surface area contributed by atoms with Crippen LogP contribution in [0.3, 0.4) is 0 Å². The van der Waals surface area contributed by atoms with E-state index < -0.39 is 0 Å². The number of aromatic nitrogens is 1. The average Bonchev–Trinajstić information content (AvgIpc) is 3.18. The molecule has 1 aromatic rings.